The van der Waals surface area contributed by atoms with Crippen LogP contribution in [0.1, 0.15) is 43.0 Å². The SMILES string of the molecule is Cc1ccsc1C[NH+](C)CC(=O)NN1C(=O)NC2(CCC(C)CC2)C1=O. The van der Waals surface area contributed by atoms with E-state index in [1.54, 1.807) is 11.3 Å². The molecule has 7 nitrogen and oxygen atoms in total. The molecule has 2 fully saturated rings. The van der Waals surface area contributed by atoms with Crippen LogP contribution in [0.5, 0.6) is 0 Å². The van der Waals surface area contributed by atoms with Crippen molar-refractivity contribution >= 4 is 29.2 Å². The Hall–Kier alpha value is -1.93. The number of nitrogens with one attached hydrogen (secondary N) is 3. The highest BCUT2D eigenvalue weighted by atomic mass is 32.1. The lowest BCUT2D eigenvalue weighted by atomic mass is 9.77. The number of amides is 4. The first-order chi connectivity index (χ1) is 12.3. The average molecular weight is 380 g/mol. The van der Waals surface area contributed by atoms with Crippen molar-refractivity contribution in [3.8, 4) is 0 Å². The lowest BCUT2D eigenvalue weighted by Gasteiger charge is -2.33. The van der Waals surface area contributed by atoms with E-state index in [1.165, 1.54) is 10.4 Å². The fourth-order valence-electron chi connectivity index (χ4n) is 3.68. The Bertz CT molecular complexity index is 709. The lowest BCUT2D eigenvalue weighted by Crippen LogP contribution is -3.09. The quantitative estimate of drug-likeness (QED) is 0.656. The number of aryl methyl sites for hydroxylation is 1. The van der Waals surface area contributed by atoms with E-state index in [0.717, 1.165) is 29.3 Å². The van der Waals surface area contributed by atoms with E-state index in [0.29, 0.717) is 18.8 Å². The fourth-order valence-corrected chi connectivity index (χ4v) is 4.70. The van der Waals surface area contributed by atoms with Crippen molar-refractivity contribution in [2.45, 2.75) is 51.6 Å². The molecule has 3 rings (SSSR count). The summed E-state index contributed by atoms with van der Waals surface area (Å²) in [6, 6.07) is 1.54. The minimum Gasteiger partial charge on any atom is -0.325 e. The molecule has 1 aliphatic heterocycles. The average Bonchev–Trinajstić information content (AvgIpc) is 3.07. The Labute approximate surface area is 157 Å². The molecule has 0 radical (unpaired) electrons. The fraction of sp³-hybridized carbons (Fsp3) is 0.611. The molecule has 142 valence electrons. The topological polar surface area (TPSA) is 82.9 Å². The van der Waals surface area contributed by atoms with Crippen LogP contribution in [-0.4, -0.2) is 42.0 Å². The monoisotopic (exact) mass is 379 g/mol. The van der Waals surface area contributed by atoms with Crippen molar-refractivity contribution in [3.63, 3.8) is 0 Å². The molecule has 1 aliphatic carbocycles. The van der Waals surface area contributed by atoms with Gasteiger partial charge in [-0.15, -0.1) is 11.3 Å². The van der Waals surface area contributed by atoms with Crippen molar-refractivity contribution < 1.29 is 19.3 Å². The molecule has 0 bridgehead atoms. The van der Waals surface area contributed by atoms with Gasteiger partial charge in [0.1, 0.15) is 12.1 Å². The third kappa shape index (κ3) is 3.76. The van der Waals surface area contributed by atoms with Gasteiger partial charge in [-0.05, 0) is 55.5 Å². The third-order valence-corrected chi connectivity index (χ3v) is 6.44. The van der Waals surface area contributed by atoms with Crippen LogP contribution in [0, 0.1) is 12.8 Å². The van der Waals surface area contributed by atoms with Gasteiger partial charge < -0.3 is 10.2 Å². The predicted molar refractivity (Wildman–Crippen MR) is 98.4 cm³/mol. The van der Waals surface area contributed by atoms with Crippen LogP contribution in [-0.2, 0) is 16.1 Å². The molecule has 2 heterocycles. The molecule has 1 saturated carbocycles. The number of thiophene rings is 1. The van der Waals surface area contributed by atoms with Gasteiger partial charge in [-0.1, -0.05) is 6.92 Å². The highest BCUT2D eigenvalue weighted by Crippen LogP contribution is 2.35. The second kappa shape index (κ2) is 7.36. The van der Waals surface area contributed by atoms with E-state index in [1.807, 2.05) is 12.4 Å². The van der Waals surface area contributed by atoms with Gasteiger partial charge in [0.2, 0.25) is 0 Å². The number of nitrogens with zero attached hydrogens (tertiary/aromatic N) is 1. The molecule has 1 unspecified atom stereocenters. The van der Waals surface area contributed by atoms with Crippen molar-refractivity contribution in [2.75, 3.05) is 13.6 Å². The summed E-state index contributed by atoms with van der Waals surface area (Å²) in [6.07, 6.45) is 3.07. The molecular weight excluding hydrogens is 352 g/mol. The van der Waals surface area contributed by atoms with Gasteiger partial charge in [0.05, 0.1) is 11.9 Å². The molecule has 2 aliphatic rings. The minimum atomic E-state index is -0.830. The first kappa shape index (κ1) is 18.8. The van der Waals surface area contributed by atoms with E-state index < -0.39 is 11.6 Å². The maximum absolute atomic E-state index is 12.7. The first-order valence-corrected chi connectivity index (χ1v) is 9.99. The number of carbonyl (C=O) groups is 3. The summed E-state index contributed by atoms with van der Waals surface area (Å²) in [7, 11) is 1.93. The van der Waals surface area contributed by atoms with E-state index in [-0.39, 0.29) is 18.4 Å². The molecule has 8 heteroatoms. The van der Waals surface area contributed by atoms with Crippen LogP contribution in [0.25, 0.3) is 0 Å². The van der Waals surface area contributed by atoms with Crippen LogP contribution >= 0.6 is 11.3 Å². The zero-order chi connectivity index (χ0) is 18.9. The summed E-state index contributed by atoms with van der Waals surface area (Å²) in [5.41, 5.74) is 2.89. The molecule has 1 aromatic heterocycles. The van der Waals surface area contributed by atoms with Crippen LogP contribution in [0.2, 0.25) is 0 Å². The Morgan fingerprint density at radius 1 is 1.42 bits per heavy atom. The highest BCUT2D eigenvalue weighted by molar-refractivity contribution is 7.10. The molecule has 0 aromatic carbocycles. The number of urea groups is 1. The van der Waals surface area contributed by atoms with E-state index in [2.05, 4.69) is 30.7 Å². The molecule has 3 N–H and O–H groups in total. The Balaban J connectivity index is 1.56. The van der Waals surface area contributed by atoms with Gasteiger partial charge in [-0.3, -0.25) is 15.0 Å². The maximum Gasteiger partial charge on any atom is 0.344 e. The molecule has 1 aromatic rings. The summed E-state index contributed by atoms with van der Waals surface area (Å²) < 4.78 is 0. The predicted octanol–water partition coefficient (Wildman–Crippen LogP) is 0.603. The number of likely N-dealkylation sites (N-methyl/N-ethyl adjacent to an activating group) is 1. The Kier molecular flexibility index (Phi) is 5.34. The number of carbonyl (C=O) groups excluding carboxylic acids is 3. The number of hydrazine groups is 1. The standard InChI is InChI=1S/C18H26N4O3S/c1-12-4-7-18(8-5-12)16(24)22(17(25)19-18)20-15(23)11-21(3)10-14-13(2)6-9-26-14/h6,9,12H,4-5,7-8,10-11H2,1-3H3,(H,19,25)(H,20,23)/p+1. The second-order valence-electron chi connectivity index (χ2n) is 7.71. The van der Waals surface area contributed by atoms with Gasteiger partial charge in [-0.25, -0.2) is 4.79 Å². The normalized spacial score (nSPS) is 26.9. The largest absolute Gasteiger partial charge is 0.344 e. The Morgan fingerprint density at radius 3 is 2.73 bits per heavy atom. The van der Waals surface area contributed by atoms with Crippen LogP contribution < -0.4 is 15.6 Å². The summed E-state index contributed by atoms with van der Waals surface area (Å²) >= 11 is 1.67. The van der Waals surface area contributed by atoms with Gasteiger partial charge >= 0.3 is 6.03 Å². The van der Waals surface area contributed by atoms with Gasteiger partial charge in [0.15, 0.2) is 6.54 Å². The zero-order valence-electron chi connectivity index (χ0n) is 15.6. The van der Waals surface area contributed by atoms with E-state index in [9.17, 15) is 14.4 Å². The summed E-state index contributed by atoms with van der Waals surface area (Å²) in [6.45, 7) is 5.13. The second-order valence-corrected chi connectivity index (χ2v) is 8.71. The number of rotatable bonds is 5. The minimum absolute atomic E-state index is 0.193. The molecule has 26 heavy (non-hydrogen) atoms. The van der Waals surface area contributed by atoms with E-state index in [4.69, 9.17) is 0 Å². The maximum atomic E-state index is 12.7. The van der Waals surface area contributed by atoms with Crippen molar-refractivity contribution in [1.29, 1.82) is 0 Å². The van der Waals surface area contributed by atoms with Crippen molar-refractivity contribution in [1.82, 2.24) is 15.8 Å². The molecule has 4 amide bonds. The number of quaternary nitrogens is 1. The summed E-state index contributed by atoms with van der Waals surface area (Å²) in [5, 5.41) is 5.72. The smallest absolute Gasteiger partial charge is 0.325 e. The lowest BCUT2D eigenvalue weighted by molar-refractivity contribution is -0.885. The molecule has 1 saturated heterocycles. The van der Waals surface area contributed by atoms with Crippen LogP contribution in [0.3, 0.4) is 0 Å². The highest BCUT2D eigenvalue weighted by Gasteiger charge is 2.52. The van der Waals surface area contributed by atoms with Crippen molar-refractivity contribution in [2.24, 2.45) is 5.92 Å². The van der Waals surface area contributed by atoms with Gasteiger partial charge in [0, 0.05) is 0 Å². The molecule has 1 spiro atoms. The summed E-state index contributed by atoms with van der Waals surface area (Å²) in [5.74, 6) is -0.0946. The first-order valence-electron chi connectivity index (χ1n) is 9.11. The van der Waals surface area contributed by atoms with E-state index >= 15 is 0 Å². The molecule has 1 atom stereocenters. The van der Waals surface area contributed by atoms with Crippen molar-refractivity contribution in [3.05, 3.63) is 21.9 Å². The third-order valence-electron chi connectivity index (χ3n) is 5.42. The zero-order valence-corrected chi connectivity index (χ0v) is 16.4. The molecular formula is C18H27N4O3S+. The number of hydrogen-bond donors (Lipinski definition) is 3. The van der Waals surface area contributed by atoms with Gasteiger partial charge in [0.25, 0.3) is 11.8 Å². The number of hydrogen-bond acceptors (Lipinski definition) is 4. The summed E-state index contributed by atoms with van der Waals surface area (Å²) in [4.78, 5) is 39.6. The van der Waals surface area contributed by atoms with Crippen LogP contribution in [0.4, 0.5) is 4.79 Å². The van der Waals surface area contributed by atoms with Crippen LogP contribution in [0.15, 0.2) is 11.4 Å². The van der Waals surface area contributed by atoms with Gasteiger partial charge in [-0.2, -0.15) is 5.01 Å². The Morgan fingerprint density at radius 2 is 2.12 bits per heavy atom. The number of imide groups is 1.